The molecule has 2 rings (SSSR count). The first kappa shape index (κ1) is 13.0. The highest BCUT2D eigenvalue weighted by molar-refractivity contribution is 5.93. The molecule has 1 saturated heterocycles. The Kier molecular flexibility index (Phi) is 4.31. The number of Topliss-reactive ketones (excluding diaryl/α,β-unsaturated/α-hetero) is 1. The number of anilines is 1. The first-order valence-corrected chi connectivity index (χ1v) is 6.54. The minimum atomic E-state index is 0.0594. The lowest BCUT2D eigenvalue weighted by Crippen LogP contribution is -2.37. The summed E-state index contributed by atoms with van der Waals surface area (Å²) in [5.41, 5.74) is 0.669. The molecule has 0 N–H and O–H groups in total. The van der Waals surface area contributed by atoms with Crippen LogP contribution in [0.15, 0.2) is 18.3 Å². The number of ketones is 1. The van der Waals surface area contributed by atoms with Crippen LogP contribution in [0, 0.1) is 0 Å². The second-order valence-electron chi connectivity index (χ2n) is 4.60. The monoisotopic (exact) mass is 248 g/mol. The maximum atomic E-state index is 11.2. The molecular formula is C14H20N2O2. The van der Waals surface area contributed by atoms with Crippen molar-refractivity contribution in [1.29, 1.82) is 0 Å². The average molecular weight is 248 g/mol. The zero-order valence-corrected chi connectivity index (χ0v) is 11.1. The molecule has 0 saturated carbocycles. The third-order valence-corrected chi connectivity index (χ3v) is 3.32. The second kappa shape index (κ2) is 5.96. The fraction of sp³-hybridized carbons (Fsp3) is 0.571. The number of nitrogens with zero attached hydrogens (tertiary/aromatic N) is 2. The molecule has 1 aromatic heterocycles. The summed E-state index contributed by atoms with van der Waals surface area (Å²) in [4.78, 5) is 17.8. The van der Waals surface area contributed by atoms with Crippen molar-refractivity contribution < 1.29 is 9.53 Å². The van der Waals surface area contributed by atoms with Gasteiger partial charge in [-0.3, -0.25) is 4.79 Å². The van der Waals surface area contributed by atoms with Crippen LogP contribution in [0.4, 0.5) is 5.82 Å². The maximum Gasteiger partial charge on any atom is 0.161 e. The Morgan fingerprint density at radius 1 is 1.44 bits per heavy atom. The number of hydrogen-bond acceptors (Lipinski definition) is 4. The van der Waals surface area contributed by atoms with Crippen molar-refractivity contribution in [3.63, 3.8) is 0 Å². The van der Waals surface area contributed by atoms with Crippen LogP contribution in [0.3, 0.4) is 0 Å². The van der Waals surface area contributed by atoms with Crippen molar-refractivity contribution in [3.8, 4) is 0 Å². The van der Waals surface area contributed by atoms with E-state index in [0.29, 0.717) is 11.7 Å². The second-order valence-corrected chi connectivity index (χ2v) is 4.60. The molecule has 0 amide bonds. The van der Waals surface area contributed by atoms with E-state index in [1.165, 1.54) is 0 Å². The smallest absolute Gasteiger partial charge is 0.161 e. The van der Waals surface area contributed by atoms with E-state index < -0.39 is 0 Å². The van der Waals surface area contributed by atoms with Gasteiger partial charge in [0.25, 0.3) is 0 Å². The van der Waals surface area contributed by atoms with Gasteiger partial charge >= 0.3 is 0 Å². The van der Waals surface area contributed by atoms with E-state index in [2.05, 4.69) is 9.88 Å². The Bertz CT molecular complexity index is 395. The van der Waals surface area contributed by atoms with Crippen molar-refractivity contribution in [2.45, 2.75) is 32.8 Å². The summed E-state index contributed by atoms with van der Waals surface area (Å²) < 4.78 is 5.63. The number of carbonyl (C=O) groups is 1. The fourth-order valence-corrected chi connectivity index (χ4v) is 2.27. The van der Waals surface area contributed by atoms with Crippen molar-refractivity contribution in [2.24, 2.45) is 0 Å². The predicted molar refractivity (Wildman–Crippen MR) is 71.1 cm³/mol. The van der Waals surface area contributed by atoms with Crippen LogP contribution in [0.5, 0.6) is 0 Å². The summed E-state index contributed by atoms with van der Waals surface area (Å²) >= 11 is 0. The van der Waals surface area contributed by atoms with Gasteiger partial charge in [-0.05, 0) is 38.8 Å². The van der Waals surface area contributed by atoms with E-state index in [0.717, 1.165) is 38.4 Å². The first-order chi connectivity index (χ1) is 8.70. The molecule has 0 bridgehead atoms. The standard InChI is InChI=1S/C14H20N2O2/c1-3-18-13-6-8-16(9-7-13)14-5-4-12(10-15-14)11(2)17/h4-5,10,13H,3,6-9H2,1-2H3. The van der Waals surface area contributed by atoms with Crippen molar-refractivity contribution in [1.82, 2.24) is 4.98 Å². The molecule has 1 fully saturated rings. The number of carbonyl (C=O) groups excluding carboxylic acids is 1. The van der Waals surface area contributed by atoms with E-state index >= 15 is 0 Å². The highest BCUT2D eigenvalue weighted by Crippen LogP contribution is 2.19. The van der Waals surface area contributed by atoms with Gasteiger partial charge in [-0.15, -0.1) is 0 Å². The van der Waals surface area contributed by atoms with E-state index in [9.17, 15) is 4.79 Å². The first-order valence-electron chi connectivity index (χ1n) is 6.54. The van der Waals surface area contributed by atoms with Gasteiger partial charge in [0, 0.05) is 31.5 Å². The Labute approximate surface area is 108 Å². The van der Waals surface area contributed by atoms with Gasteiger partial charge in [-0.1, -0.05) is 0 Å². The van der Waals surface area contributed by atoms with E-state index in [1.54, 1.807) is 13.1 Å². The van der Waals surface area contributed by atoms with Crippen molar-refractivity contribution >= 4 is 11.6 Å². The number of pyridine rings is 1. The molecule has 18 heavy (non-hydrogen) atoms. The highest BCUT2D eigenvalue weighted by Gasteiger charge is 2.20. The number of hydrogen-bond donors (Lipinski definition) is 0. The summed E-state index contributed by atoms with van der Waals surface area (Å²) in [5.74, 6) is 1.01. The number of piperidine rings is 1. The Balaban J connectivity index is 1.95. The Hall–Kier alpha value is -1.42. The molecule has 0 aliphatic carbocycles. The van der Waals surface area contributed by atoms with Gasteiger partial charge in [-0.2, -0.15) is 0 Å². The van der Waals surface area contributed by atoms with E-state index in [4.69, 9.17) is 4.74 Å². The zero-order chi connectivity index (χ0) is 13.0. The van der Waals surface area contributed by atoms with E-state index in [1.807, 2.05) is 19.1 Å². The van der Waals surface area contributed by atoms with Gasteiger partial charge in [0.2, 0.25) is 0 Å². The van der Waals surface area contributed by atoms with Gasteiger partial charge in [-0.25, -0.2) is 4.98 Å². The minimum absolute atomic E-state index is 0.0594. The number of ether oxygens (including phenoxy) is 1. The summed E-state index contributed by atoms with van der Waals surface area (Å²) in [6, 6.07) is 3.77. The Morgan fingerprint density at radius 3 is 2.67 bits per heavy atom. The van der Waals surface area contributed by atoms with Crippen LogP contribution in [-0.2, 0) is 4.74 Å². The van der Waals surface area contributed by atoms with Gasteiger partial charge in [0.05, 0.1) is 6.10 Å². The molecule has 98 valence electrons. The van der Waals surface area contributed by atoms with Crippen molar-refractivity contribution in [2.75, 3.05) is 24.6 Å². The molecule has 4 heteroatoms. The summed E-state index contributed by atoms with van der Waals surface area (Å²) in [6.07, 6.45) is 4.14. The molecule has 1 aromatic rings. The van der Waals surface area contributed by atoms with Gasteiger partial charge in [0.1, 0.15) is 5.82 Å². The predicted octanol–water partition coefficient (Wildman–Crippen LogP) is 2.29. The average Bonchev–Trinajstić information content (AvgIpc) is 2.40. The normalized spacial score (nSPS) is 16.9. The van der Waals surface area contributed by atoms with Crippen LogP contribution < -0.4 is 4.90 Å². The van der Waals surface area contributed by atoms with Crippen LogP contribution in [0.2, 0.25) is 0 Å². The minimum Gasteiger partial charge on any atom is -0.378 e. The molecule has 4 nitrogen and oxygen atoms in total. The lowest BCUT2D eigenvalue weighted by Gasteiger charge is -2.32. The zero-order valence-electron chi connectivity index (χ0n) is 11.1. The SMILES string of the molecule is CCOC1CCN(c2ccc(C(C)=O)cn2)CC1. The van der Waals surface area contributed by atoms with Gasteiger partial charge < -0.3 is 9.64 Å². The topological polar surface area (TPSA) is 42.4 Å². The molecule has 0 unspecified atom stereocenters. The summed E-state index contributed by atoms with van der Waals surface area (Å²) in [6.45, 7) is 6.32. The van der Waals surface area contributed by atoms with Crippen molar-refractivity contribution in [3.05, 3.63) is 23.9 Å². The molecule has 0 spiro atoms. The van der Waals surface area contributed by atoms with Gasteiger partial charge in [0.15, 0.2) is 5.78 Å². The third-order valence-electron chi connectivity index (χ3n) is 3.32. The maximum absolute atomic E-state index is 11.2. The Morgan fingerprint density at radius 2 is 2.17 bits per heavy atom. The highest BCUT2D eigenvalue weighted by atomic mass is 16.5. The summed E-state index contributed by atoms with van der Waals surface area (Å²) in [5, 5.41) is 0. The molecular weight excluding hydrogens is 228 g/mol. The molecule has 1 aliphatic rings. The number of rotatable bonds is 4. The molecule has 0 atom stereocenters. The van der Waals surface area contributed by atoms with Crippen LogP contribution in [0.25, 0.3) is 0 Å². The third kappa shape index (κ3) is 3.07. The van der Waals surface area contributed by atoms with Crippen LogP contribution in [-0.4, -0.2) is 36.6 Å². The lowest BCUT2D eigenvalue weighted by atomic mass is 10.1. The lowest BCUT2D eigenvalue weighted by molar-refractivity contribution is 0.0458. The van der Waals surface area contributed by atoms with Crippen LogP contribution >= 0.6 is 0 Å². The van der Waals surface area contributed by atoms with Crippen LogP contribution in [0.1, 0.15) is 37.0 Å². The molecule has 0 radical (unpaired) electrons. The molecule has 2 heterocycles. The fourth-order valence-electron chi connectivity index (χ4n) is 2.27. The quantitative estimate of drug-likeness (QED) is 0.767. The van der Waals surface area contributed by atoms with E-state index in [-0.39, 0.29) is 5.78 Å². The largest absolute Gasteiger partial charge is 0.378 e. The summed E-state index contributed by atoms with van der Waals surface area (Å²) in [7, 11) is 0. The number of aromatic nitrogens is 1. The molecule has 0 aromatic carbocycles. The molecule has 1 aliphatic heterocycles.